The van der Waals surface area contributed by atoms with Crippen LogP contribution in [0.3, 0.4) is 0 Å². The molecule has 0 spiro atoms. The molecule has 0 radical (unpaired) electrons. The van der Waals surface area contributed by atoms with Crippen molar-refractivity contribution in [3.05, 3.63) is 46.4 Å². The molecule has 0 aromatic heterocycles. The Bertz CT molecular complexity index is 951. The van der Waals surface area contributed by atoms with Crippen LogP contribution >= 0.6 is 15.9 Å². The molecule has 1 heterocycles. The Morgan fingerprint density at radius 2 is 1.70 bits per heavy atom. The standard InChI is InChI=1S/C19H22BrN3O3S/c1-13(2)14-11-17(20)19(24)18(12-14)22-21-15-5-7-16(8-6-15)27(25,26)23-9-3-4-10-23/h5-8,11-13,24H,3-4,9-10H2,1-2H3. The summed E-state index contributed by atoms with van der Waals surface area (Å²) in [5.41, 5.74) is 1.91. The molecule has 0 amide bonds. The average molecular weight is 452 g/mol. The summed E-state index contributed by atoms with van der Waals surface area (Å²) in [7, 11) is -3.44. The minimum absolute atomic E-state index is 0.0244. The van der Waals surface area contributed by atoms with E-state index in [4.69, 9.17) is 0 Å². The van der Waals surface area contributed by atoms with Crippen LogP contribution in [0.4, 0.5) is 11.4 Å². The maximum absolute atomic E-state index is 12.5. The molecule has 144 valence electrons. The lowest BCUT2D eigenvalue weighted by Crippen LogP contribution is -2.27. The lowest BCUT2D eigenvalue weighted by atomic mass is 10.0. The highest BCUT2D eigenvalue weighted by atomic mass is 79.9. The van der Waals surface area contributed by atoms with E-state index >= 15 is 0 Å². The lowest BCUT2D eigenvalue weighted by molar-refractivity contribution is 0.472. The van der Waals surface area contributed by atoms with Crippen molar-refractivity contribution in [3.63, 3.8) is 0 Å². The number of hydrogen-bond donors (Lipinski definition) is 1. The van der Waals surface area contributed by atoms with Crippen LogP contribution in [0.1, 0.15) is 38.2 Å². The average Bonchev–Trinajstić information content (AvgIpc) is 3.18. The Kier molecular flexibility index (Phi) is 5.98. The summed E-state index contributed by atoms with van der Waals surface area (Å²) in [6, 6.07) is 9.97. The maximum Gasteiger partial charge on any atom is 0.243 e. The zero-order valence-corrected chi connectivity index (χ0v) is 17.7. The zero-order chi connectivity index (χ0) is 19.6. The third kappa shape index (κ3) is 4.39. The van der Waals surface area contributed by atoms with E-state index in [9.17, 15) is 13.5 Å². The smallest absolute Gasteiger partial charge is 0.243 e. The molecule has 0 bridgehead atoms. The second-order valence-electron chi connectivity index (χ2n) is 6.83. The monoisotopic (exact) mass is 451 g/mol. The van der Waals surface area contributed by atoms with Crippen molar-refractivity contribution in [2.45, 2.75) is 37.5 Å². The number of hydrogen-bond acceptors (Lipinski definition) is 5. The molecule has 2 aromatic rings. The van der Waals surface area contributed by atoms with Gasteiger partial charge in [0.25, 0.3) is 0 Å². The third-order valence-corrected chi connectivity index (χ3v) is 7.06. The number of phenols is 1. The molecule has 0 unspecified atom stereocenters. The number of aromatic hydroxyl groups is 1. The topological polar surface area (TPSA) is 82.3 Å². The first-order chi connectivity index (χ1) is 12.8. The van der Waals surface area contributed by atoms with Gasteiger partial charge in [-0.15, -0.1) is 5.11 Å². The van der Waals surface area contributed by atoms with E-state index in [1.54, 1.807) is 30.3 Å². The SMILES string of the molecule is CC(C)c1cc(Br)c(O)c(N=Nc2ccc(S(=O)(=O)N3CCCC3)cc2)c1. The van der Waals surface area contributed by atoms with Gasteiger partial charge in [-0.05, 0) is 76.7 Å². The second-order valence-corrected chi connectivity index (χ2v) is 9.62. The molecule has 1 aliphatic rings. The van der Waals surface area contributed by atoms with E-state index in [2.05, 4.69) is 40.0 Å². The predicted molar refractivity (Wildman–Crippen MR) is 109 cm³/mol. The lowest BCUT2D eigenvalue weighted by Gasteiger charge is -2.15. The summed E-state index contributed by atoms with van der Waals surface area (Å²) in [6.45, 7) is 5.26. The van der Waals surface area contributed by atoms with Crippen LogP contribution in [0, 0.1) is 0 Å². The van der Waals surface area contributed by atoms with Crippen molar-refractivity contribution in [3.8, 4) is 5.75 Å². The largest absolute Gasteiger partial charge is 0.505 e. The van der Waals surface area contributed by atoms with Crippen molar-refractivity contribution >= 4 is 37.3 Å². The fourth-order valence-electron chi connectivity index (χ4n) is 2.89. The molecule has 1 saturated heterocycles. The molecule has 1 N–H and O–H groups in total. The van der Waals surface area contributed by atoms with Gasteiger partial charge in [0.15, 0.2) is 5.75 Å². The predicted octanol–water partition coefficient (Wildman–Crippen LogP) is 5.48. The number of rotatable bonds is 5. The number of benzene rings is 2. The van der Waals surface area contributed by atoms with E-state index in [1.165, 1.54) is 4.31 Å². The highest BCUT2D eigenvalue weighted by molar-refractivity contribution is 9.10. The third-order valence-electron chi connectivity index (χ3n) is 4.55. The summed E-state index contributed by atoms with van der Waals surface area (Å²) in [5, 5.41) is 18.4. The fourth-order valence-corrected chi connectivity index (χ4v) is 4.87. The van der Waals surface area contributed by atoms with Gasteiger partial charge in [-0.3, -0.25) is 0 Å². The van der Waals surface area contributed by atoms with Crippen LogP contribution in [0.5, 0.6) is 5.75 Å². The van der Waals surface area contributed by atoms with Crippen LogP contribution in [0.25, 0.3) is 0 Å². The van der Waals surface area contributed by atoms with Crippen LogP contribution in [0.15, 0.2) is 56.0 Å². The van der Waals surface area contributed by atoms with Gasteiger partial charge >= 0.3 is 0 Å². The Balaban J connectivity index is 1.83. The number of azo groups is 1. The van der Waals surface area contributed by atoms with Gasteiger partial charge in [-0.2, -0.15) is 9.42 Å². The Labute approximate surface area is 168 Å². The molecule has 0 saturated carbocycles. The van der Waals surface area contributed by atoms with Gasteiger partial charge in [0, 0.05) is 13.1 Å². The van der Waals surface area contributed by atoms with Crippen molar-refractivity contribution in [2.75, 3.05) is 13.1 Å². The molecule has 1 aliphatic heterocycles. The van der Waals surface area contributed by atoms with E-state index in [0.29, 0.717) is 28.9 Å². The van der Waals surface area contributed by atoms with Gasteiger partial charge < -0.3 is 5.11 Å². The quantitative estimate of drug-likeness (QED) is 0.610. The Morgan fingerprint density at radius 1 is 1.07 bits per heavy atom. The number of halogens is 1. The van der Waals surface area contributed by atoms with Crippen molar-refractivity contribution in [2.24, 2.45) is 10.2 Å². The van der Waals surface area contributed by atoms with Crippen molar-refractivity contribution in [1.82, 2.24) is 4.31 Å². The van der Waals surface area contributed by atoms with Gasteiger partial charge in [-0.25, -0.2) is 8.42 Å². The molecular formula is C19H22BrN3O3S. The molecule has 0 atom stereocenters. The van der Waals surface area contributed by atoms with Crippen LogP contribution in [-0.4, -0.2) is 30.9 Å². The van der Waals surface area contributed by atoms with E-state index in [0.717, 1.165) is 18.4 Å². The van der Waals surface area contributed by atoms with Crippen molar-refractivity contribution in [1.29, 1.82) is 0 Å². The first kappa shape index (κ1) is 20.0. The van der Waals surface area contributed by atoms with Crippen LogP contribution in [-0.2, 0) is 10.0 Å². The van der Waals surface area contributed by atoms with E-state index in [1.807, 2.05) is 6.07 Å². The van der Waals surface area contributed by atoms with Gasteiger partial charge in [0.05, 0.1) is 15.1 Å². The van der Waals surface area contributed by atoms with E-state index < -0.39 is 10.0 Å². The highest BCUT2D eigenvalue weighted by Gasteiger charge is 2.26. The fraction of sp³-hybridized carbons (Fsp3) is 0.368. The first-order valence-corrected chi connectivity index (χ1v) is 11.1. The molecule has 8 heteroatoms. The van der Waals surface area contributed by atoms with Gasteiger partial charge in [0.1, 0.15) is 5.69 Å². The highest BCUT2D eigenvalue weighted by Crippen LogP contribution is 2.38. The Hall–Kier alpha value is -1.77. The molecule has 2 aromatic carbocycles. The summed E-state index contributed by atoms with van der Waals surface area (Å²) in [5.74, 6) is 0.308. The number of phenolic OH excluding ortho intramolecular Hbond substituents is 1. The zero-order valence-electron chi connectivity index (χ0n) is 15.3. The molecule has 27 heavy (non-hydrogen) atoms. The van der Waals surface area contributed by atoms with Crippen LogP contribution < -0.4 is 0 Å². The van der Waals surface area contributed by atoms with Gasteiger partial charge in [0.2, 0.25) is 10.0 Å². The summed E-state index contributed by atoms with van der Waals surface area (Å²) in [6.07, 6.45) is 1.81. The molecule has 0 aliphatic carbocycles. The first-order valence-electron chi connectivity index (χ1n) is 8.83. The number of sulfonamides is 1. The molecule has 3 rings (SSSR count). The van der Waals surface area contributed by atoms with Crippen molar-refractivity contribution < 1.29 is 13.5 Å². The van der Waals surface area contributed by atoms with E-state index in [-0.39, 0.29) is 16.6 Å². The minimum atomic E-state index is -3.44. The summed E-state index contributed by atoms with van der Waals surface area (Å²) < 4.78 is 27.2. The Morgan fingerprint density at radius 3 is 2.30 bits per heavy atom. The molecule has 6 nitrogen and oxygen atoms in total. The molecular weight excluding hydrogens is 430 g/mol. The second kappa shape index (κ2) is 8.08. The number of nitrogens with zero attached hydrogens (tertiary/aromatic N) is 3. The normalized spacial score (nSPS) is 15.9. The molecule has 1 fully saturated rings. The summed E-state index contributed by atoms with van der Waals surface area (Å²) >= 11 is 3.33. The summed E-state index contributed by atoms with van der Waals surface area (Å²) in [4.78, 5) is 0.260. The minimum Gasteiger partial charge on any atom is -0.505 e. The maximum atomic E-state index is 12.5. The van der Waals surface area contributed by atoms with Gasteiger partial charge in [-0.1, -0.05) is 13.8 Å². The van der Waals surface area contributed by atoms with Crippen LogP contribution in [0.2, 0.25) is 0 Å².